The maximum absolute atomic E-state index is 9.51. The van der Waals surface area contributed by atoms with Crippen molar-refractivity contribution < 1.29 is 30.9 Å². The number of aryl methyl sites for hydroxylation is 1. The van der Waals surface area contributed by atoms with Gasteiger partial charge in [0.2, 0.25) is 0 Å². The summed E-state index contributed by atoms with van der Waals surface area (Å²) in [6.07, 6.45) is 1.89. The molecular weight excluding hydrogens is 1070 g/mol. The Hall–Kier alpha value is -6.50. The molecule has 0 saturated carbocycles. The van der Waals surface area contributed by atoms with Gasteiger partial charge >= 0.3 is 385 Å². The van der Waals surface area contributed by atoms with E-state index in [1.807, 2.05) is 42.6 Å². The average molecular weight is 1150 g/mol. The van der Waals surface area contributed by atoms with Gasteiger partial charge in [0.05, 0.1) is 5.69 Å². The molecule has 0 atom stereocenters. The predicted octanol–water partition coefficient (Wildman–Crippen LogP) is 16.8. The van der Waals surface area contributed by atoms with Gasteiger partial charge in [-0.25, -0.2) is 0 Å². The van der Waals surface area contributed by atoms with Crippen LogP contribution in [0.25, 0.3) is 55.9 Å². The number of nitrogens with zero attached hydrogens (tertiary/aromatic N) is 6. The maximum atomic E-state index is 9.51. The Morgan fingerprint density at radius 3 is 1.79 bits per heavy atom. The Morgan fingerprint density at radius 2 is 1.16 bits per heavy atom. The molecule has 10 rings (SSSR count). The number of aromatic nitrogens is 5. The number of hydrogen-bond acceptors (Lipinski definition) is 4. The number of anilines is 2. The first-order valence-corrected chi connectivity index (χ1v) is 26.4. The quantitative estimate of drug-likeness (QED) is 0.149. The van der Waals surface area contributed by atoms with Crippen LogP contribution in [-0.2, 0) is 41.0 Å². The summed E-state index contributed by atoms with van der Waals surface area (Å²) in [4.78, 5) is 7.20. The first-order chi connectivity index (χ1) is 36.4. The van der Waals surface area contributed by atoms with Crippen molar-refractivity contribution >= 4 is 29.5 Å². The normalized spacial score (nSPS) is 14.1. The van der Waals surface area contributed by atoms with Crippen LogP contribution in [0.4, 0.5) is 11.5 Å². The molecule has 7 nitrogen and oxygen atoms in total. The van der Waals surface area contributed by atoms with Gasteiger partial charge in [-0.05, 0) is 30.9 Å². The summed E-state index contributed by atoms with van der Waals surface area (Å²) in [7, 11) is 0. The summed E-state index contributed by atoms with van der Waals surface area (Å²) in [5, 5.41) is 5.02. The summed E-state index contributed by atoms with van der Waals surface area (Å²) in [6, 6.07) is 36.3. The Balaban J connectivity index is 1.20. The Kier molecular flexibility index (Phi) is 11.0. The molecule has 3 aromatic heterocycles. The Labute approximate surface area is 451 Å². The van der Waals surface area contributed by atoms with E-state index in [2.05, 4.69) is 214 Å². The number of fused-ring (bicyclic) bond motifs is 4. The fourth-order valence-corrected chi connectivity index (χ4v) is 11.1. The van der Waals surface area contributed by atoms with E-state index in [0.29, 0.717) is 22.7 Å². The Bertz CT molecular complexity index is 3920. The topological polar surface area (TPSA) is 53.0 Å². The van der Waals surface area contributed by atoms with Gasteiger partial charge < -0.3 is 0 Å². The van der Waals surface area contributed by atoms with Gasteiger partial charge in [-0.15, -0.1) is 0 Å². The molecule has 1 aliphatic rings. The fraction of sp³-hybridized carbons (Fsp3) is 0.297. The van der Waals surface area contributed by atoms with Gasteiger partial charge in [-0.3, -0.25) is 0 Å². The third-order valence-electron chi connectivity index (χ3n) is 14.4. The van der Waals surface area contributed by atoms with E-state index in [4.69, 9.17) is 18.9 Å². The van der Waals surface area contributed by atoms with Gasteiger partial charge in [0.1, 0.15) is 0 Å². The summed E-state index contributed by atoms with van der Waals surface area (Å²) in [5.41, 5.74) is 14.7. The van der Waals surface area contributed by atoms with Crippen molar-refractivity contribution in [3.63, 3.8) is 0 Å². The van der Waals surface area contributed by atoms with E-state index in [1.165, 1.54) is 16.7 Å². The van der Waals surface area contributed by atoms with Crippen LogP contribution in [0.2, 0.25) is 6.82 Å². The van der Waals surface area contributed by atoms with E-state index >= 15 is 0 Å². The molecule has 374 valence electrons. The zero-order valence-electron chi connectivity index (χ0n) is 50.0. The van der Waals surface area contributed by atoms with E-state index in [9.17, 15) is 2.74 Å². The molecule has 9 heteroatoms. The molecule has 6 aromatic carbocycles. The molecule has 73 heavy (non-hydrogen) atoms. The summed E-state index contributed by atoms with van der Waals surface area (Å²) >= 11 is 2.40. The number of rotatable bonds is 7. The van der Waals surface area contributed by atoms with Crippen molar-refractivity contribution in [3.05, 3.63) is 183 Å². The molecule has 0 bridgehead atoms. The first-order valence-electron chi connectivity index (χ1n) is 27.8. The molecule has 0 saturated heterocycles. The molecule has 4 heterocycles. The molecule has 0 aliphatic carbocycles. The molecule has 0 spiro atoms. The molecule has 0 unspecified atom stereocenters. The second-order valence-corrected chi connectivity index (χ2v) is 24.8. The standard InChI is InChI=1S/C64H69BN6O.Pt/c1-41-42(2)67-71-59(41)52-29-28-51(39-57(52)70(65(71)15)58-37-45(30-31-66-58)61(3,4)5)72-50-25-21-24-49(38-50)68-40-69(56-27-20-19-26-55(56)68)60-53(43-22-17-16-18-23-43)35-48(64(12,13)14)36-54(60)44-32-46(62(6,7)8)34-47(33-44)63(9,10)11;/h16-39H,1-15H3;/i16D,17D,18D,22D,23D;. The molecule has 0 amide bonds. The van der Waals surface area contributed by atoms with Crippen LogP contribution in [0.3, 0.4) is 0 Å². The summed E-state index contributed by atoms with van der Waals surface area (Å²) < 4.78 is 59.9. The van der Waals surface area contributed by atoms with Crippen molar-refractivity contribution in [1.29, 1.82) is 0 Å². The first kappa shape index (κ1) is 44.0. The number of pyridine rings is 1. The third kappa shape index (κ3) is 9.19. The van der Waals surface area contributed by atoms with Crippen LogP contribution >= 0.6 is 0 Å². The van der Waals surface area contributed by atoms with E-state index in [1.54, 1.807) is 0 Å². The number of hydrogen-bond donors (Lipinski definition) is 0. The average Bonchev–Trinajstić information content (AvgIpc) is 4.02. The second-order valence-electron chi connectivity index (χ2n) is 23.8. The molecule has 0 fully saturated rings. The monoisotopic (exact) mass is 1150 g/mol. The molecular formula is C64H69BN6OPt. The van der Waals surface area contributed by atoms with Gasteiger partial charge in [0.25, 0.3) is 0 Å². The van der Waals surface area contributed by atoms with Crippen molar-refractivity contribution in [2.75, 3.05) is 4.81 Å². The number of benzene rings is 6. The Morgan fingerprint density at radius 1 is 0.575 bits per heavy atom. The van der Waals surface area contributed by atoms with Crippen molar-refractivity contribution in [1.82, 2.24) is 23.8 Å². The number of ether oxygens (including phenoxy) is 1. The van der Waals surface area contributed by atoms with Crippen LogP contribution < -0.4 is 9.55 Å². The number of para-hydroxylation sites is 2. The van der Waals surface area contributed by atoms with Gasteiger partial charge in [-0.2, -0.15) is 5.10 Å². The zero-order chi connectivity index (χ0) is 56.5. The number of imidazole rings is 1. The predicted molar refractivity (Wildman–Crippen MR) is 302 cm³/mol. The van der Waals surface area contributed by atoms with Gasteiger partial charge in [-0.1, -0.05) is 20.8 Å². The molecule has 0 radical (unpaired) electrons. The third-order valence-corrected chi connectivity index (χ3v) is 15.4. The van der Waals surface area contributed by atoms with Crippen LogP contribution in [0.1, 0.15) is 123 Å². The zero-order valence-corrected chi connectivity index (χ0v) is 47.2. The van der Waals surface area contributed by atoms with Crippen LogP contribution in [0.5, 0.6) is 11.5 Å². The summed E-state index contributed by atoms with van der Waals surface area (Å²) in [6.45, 7) is 32.7. The van der Waals surface area contributed by atoms with Crippen LogP contribution in [-0.4, -0.2) is 30.8 Å². The minimum atomic E-state index is -0.431. The van der Waals surface area contributed by atoms with E-state index in [0.717, 1.165) is 71.2 Å². The SMILES string of the molecule is [2H]c1c([2H])c([2H])c(-c2cc(C(C)(C)C)cc(-c3cc(C(C)(C)C)cc(C(C)(C)C)c3)c2-n2[c](=[Pt])n(-c3cccc(Oc4ccc5c(c4)N(c4cc(C(C)(C)C)ccn4)B(C)n4nc(C)c(C)c4-5)c3)c3ccccc32)c([2H])c1[2H]. The van der Waals surface area contributed by atoms with Crippen molar-refractivity contribution in [3.8, 4) is 56.4 Å². The van der Waals surface area contributed by atoms with Crippen molar-refractivity contribution in [2.45, 2.75) is 125 Å². The van der Waals surface area contributed by atoms with E-state index in [-0.39, 0.29) is 58.4 Å². The van der Waals surface area contributed by atoms with Gasteiger partial charge in [0.15, 0.2) is 0 Å². The summed E-state index contributed by atoms with van der Waals surface area (Å²) in [5.74, 6) is 2.13. The van der Waals surface area contributed by atoms with Crippen LogP contribution in [0, 0.1) is 17.7 Å². The van der Waals surface area contributed by atoms with Crippen molar-refractivity contribution in [2.24, 2.45) is 0 Å². The van der Waals surface area contributed by atoms with E-state index < -0.39 is 6.04 Å². The van der Waals surface area contributed by atoms with Crippen LogP contribution in [0.15, 0.2) is 146 Å². The minimum absolute atomic E-state index is 0.0816. The fourth-order valence-electron chi connectivity index (χ4n) is 9.99. The molecule has 9 aromatic rings. The van der Waals surface area contributed by atoms with Gasteiger partial charge in [0, 0.05) is 6.20 Å². The molecule has 0 N–H and O–H groups in total. The second kappa shape index (κ2) is 18.2. The molecule has 1 aliphatic heterocycles.